The number of hydrogen-bond donors (Lipinski definition) is 1. The first-order valence-corrected chi connectivity index (χ1v) is 12.4. The summed E-state index contributed by atoms with van der Waals surface area (Å²) in [6, 6.07) is 14.6. The van der Waals surface area contributed by atoms with Crippen LogP contribution in [0.1, 0.15) is 41.9 Å². The highest BCUT2D eigenvalue weighted by atomic mass is 35.5. The van der Waals surface area contributed by atoms with Crippen LogP contribution < -0.4 is 5.32 Å². The van der Waals surface area contributed by atoms with E-state index >= 15 is 0 Å². The number of halogens is 1. The summed E-state index contributed by atoms with van der Waals surface area (Å²) in [4.78, 5) is 34.6. The van der Waals surface area contributed by atoms with Crippen LogP contribution in [0.4, 0.5) is 5.69 Å². The Morgan fingerprint density at radius 1 is 1.03 bits per heavy atom. The number of para-hydroxylation sites is 1. The Morgan fingerprint density at radius 2 is 1.80 bits per heavy atom. The first-order valence-electron chi connectivity index (χ1n) is 12.1. The van der Waals surface area contributed by atoms with Crippen molar-refractivity contribution >= 4 is 29.1 Å². The molecule has 1 aromatic heterocycles. The summed E-state index contributed by atoms with van der Waals surface area (Å²) in [6.07, 6.45) is 3.74. The molecule has 182 valence electrons. The number of aromatic nitrogens is 2. The molecule has 0 saturated carbocycles. The molecular formula is C26H28ClN5O3. The van der Waals surface area contributed by atoms with Crippen molar-refractivity contribution in [1.29, 1.82) is 0 Å². The Labute approximate surface area is 209 Å². The van der Waals surface area contributed by atoms with Crippen LogP contribution >= 0.6 is 11.6 Å². The second-order valence-corrected chi connectivity index (χ2v) is 9.56. The van der Waals surface area contributed by atoms with Gasteiger partial charge in [-0.15, -0.1) is 0 Å². The van der Waals surface area contributed by atoms with Gasteiger partial charge >= 0.3 is 0 Å². The fourth-order valence-electron chi connectivity index (χ4n) is 4.74. The maximum atomic E-state index is 13.2. The molecule has 2 aliphatic rings. The second-order valence-electron chi connectivity index (χ2n) is 9.13. The van der Waals surface area contributed by atoms with Crippen molar-refractivity contribution < 1.29 is 14.1 Å². The largest absolute Gasteiger partial charge is 0.339 e. The molecule has 9 heteroatoms. The summed E-state index contributed by atoms with van der Waals surface area (Å²) in [5, 5.41) is 7.75. The minimum absolute atomic E-state index is 0.0171. The minimum atomic E-state index is -0.183. The zero-order valence-corrected chi connectivity index (χ0v) is 20.2. The molecule has 0 aliphatic carbocycles. The van der Waals surface area contributed by atoms with Crippen LogP contribution in [0.5, 0.6) is 0 Å². The van der Waals surface area contributed by atoms with Crippen LogP contribution in [0, 0.1) is 5.92 Å². The van der Waals surface area contributed by atoms with Gasteiger partial charge in [0.1, 0.15) is 0 Å². The summed E-state index contributed by atoms with van der Waals surface area (Å²) in [5.74, 6) is 0.762. The molecule has 0 radical (unpaired) electrons. The molecule has 3 aromatic rings. The molecule has 8 nitrogen and oxygen atoms in total. The molecule has 1 atom stereocenters. The topological polar surface area (TPSA) is 91.6 Å². The molecule has 1 unspecified atom stereocenters. The predicted octanol–water partition coefficient (Wildman–Crippen LogP) is 4.48. The first-order chi connectivity index (χ1) is 17.1. The number of nitrogens with one attached hydrogen (secondary N) is 1. The third-order valence-electron chi connectivity index (χ3n) is 6.61. The number of likely N-dealkylation sites (tertiary alicyclic amines) is 2. The van der Waals surface area contributed by atoms with Crippen molar-refractivity contribution in [3.8, 4) is 11.4 Å². The van der Waals surface area contributed by atoms with E-state index in [9.17, 15) is 9.59 Å². The molecule has 2 aliphatic heterocycles. The van der Waals surface area contributed by atoms with Crippen molar-refractivity contribution in [3.05, 3.63) is 65.0 Å². The van der Waals surface area contributed by atoms with Crippen LogP contribution in [-0.2, 0) is 11.3 Å². The highest BCUT2D eigenvalue weighted by Crippen LogP contribution is 2.25. The quantitative estimate of drug-likeness (QED) is 0.544. The lowest BCUT2D eigenvalue weighted by molar-refractivity contribution is -0.121. The number of amides is 2. The highest BCUT2D eigenvalue weighted by Gasteiger charge is 2.28. The standard InChI is InChI=1S/C26H28ClN5O3/c27-20-11-9-18(10-12-20)24-29-23(35-30-24)17-31-13-5-6-19(16-31)25(33)28-22-8-2-1-7-21(22)26(34)32-14-3-4-15-32/h1-2,7-12,19H,3-6,13-17H2,(H,28,33). The van der Waals surface area contributed by atoms with Gasteiger partial charge in [-0.25, -0.2) is 0 Å². The first kappa shape index (κ1) is 23.5. The van der Waals surface area contributed by atoms with Gasteiger partial charge in [-0.05, 0) is 68.6 Å². The summed E-state index contributed by atoms with van der Waals surface area (Å²) in [6.45, 7) is 3.47. The van der Waals surface area contributed by atoms with Gasteiger partial charge in [0, 0.05) is 30.2 Å². The van der Waals surface area contributed by atoms with Gasteiger partial charge in [0.05, 0.1) is 23.7 Å². The zero-order valence-electron chi connectivity index (χ0n) is 19.5. The van der Waals surface area contributed by atoms with E-state index < -0.39 is 0 Å². The number of benzene rings is 2. The van der Waals surface area contributed by atoms with E-state index in [0.29, 0.717) is 41.1 Å². The summed E-state index contributed by atoms with van der Waals surface area (Å²) >= 11 is 5.95. The van der Waals surface area contributed by atoms with E-state index in [-0.39, 0.29) is 17.7 Å². The van der Waals surface area contributed by atoms with Crippen molar-refractivity contribution in [2.24, 2.45) is 5.92 Å². The summed E-state index contributed by atoms with van der Waals surface area (Å²) in [7, 11) is 0. The van der Waals surface area contributed by atoms with Crippen LogP contribution in [-0.4, -0.2) is 57.9 Å². The maximum absolute atomic E-state index is 13.2. The molecule has 0 bridgehead atoms. The minimum Gasteiger partial charge on any atom is -0.339 e. The summed E-state index contributed by atoms with van der Waals surface area (Å²) in [5.41, 5.74) is 1.97. The monoisotopic (exact) mass is 493 g/mol. The Balaban J connectivity index is 1.21. The van der Waals surface area contributed by atoms with Crippen molar-refractivity contribution in [1.82, 2.24) is 19.9 Å². The maximum Gasteiger partial charge on any atom is 0.255 e. The van der Waals surface area contributed by atoms with E-state index in [1.54, 1.807) is 24.3 Å². The fourth-order valence-corrected chi connectivity index (χ4v) is 4.87. The van der Waals surface area contributed by atoms with Gasteiger partial charge in [0.2, 0.25) is 17.6 Å². The van der Waals surface area contributed by atoms with Gasteiger partial charge in [-0.2, -0.15) is 4.98 Å². The summed E-state index contributed by atoms with van der Waals surface area (Å²) < 4.78 is 5.46. The number of anilines is 1. The molecule has 2 aromatic carbocycles. The average Bonchev–Trinajstić information content (AvgIpc) is 3.57. The third kappa shape index (κ3) is 5.55. The van der Waals surface area contributed by atoms with Gasteiger partial charge in [-0.1, -0.05) is 28.9 Å². The van der Waals surface area contributed by atoms with E-state index in [2.05, 4.69) is 20.4 Å². The van der Waals surface area contributed by atoms with E-state index in [1.165, 1.54) is 0 Å². The molecule has 3 heterocycles. The van der Waals surface area contributed by atoms with Gasteiger partial charge < -0.3 is 14.7 Å². The number of hydrogen-bond acceptors (Lipinski definition) is 6. The Hall–Kier alpha value is -3.23. The molecule has 0 spiro atoms. The molecule has 2 amide bonds. The lowest BCUT2D eigenvalue weighted by atomic mass is 9.96. The van der Waals surface area contributed by atoms with Gasteiger partial charge in [0.25, 0.3) is 5.91 Å². The van der Waals surface area contributed by atoms with E-state index in [4.69, 9.17) is 16.1 Å². The van der Waals surface area contributed by atoms with E-state index in [1.807, 2.05) is 29.2 Å². The second kappa shape index (κ2) is 10.6. The molecule has 2 fully saturated rings. The van der Waals surface area contributed by atoms with Crippen LogP contribution in [0.3, 0.4) is 0 Å². The highest BCUT2D eigenvalue weighted by molar-refractivity contribution is 6.30. The number of piperidine rings is 1. The lowest BCUT2D eigenvalue weighted by Crippen LogP contribution is -2.40. The zero-order chi connectivity index (χ0) is 24.2. The van der Waals surface area contributed by atoms with Crippen LogP contribution in [0.2, 0.25) is 5.02 Å². The number of rotatable bonds is 6. The fraction of sp³-hybridized carbons (Fsp3) is 0.385. The number of carbonyl (C=O) groups is 2. The predicted molar refractivity (Wildman–Crippen MR) is 133 cm³/mol. The van der Waals surface area contributed by atoms with Gasteiger partial charge in [0.15, 0.2) is 0 Å². The molecule has 35 heavy (non-hydrogen) atoms. The number of nitrogens with zero attached hydrogens (tertiary/aromatic N) is 4. The SMILES string of the molecule is O=C(Nc1ccccc1C(=O)N1CCCC1)C1CCCN(Cc2nc(-c3ccc(Cl)cc3)no2)C1. The van der Waals surface area contributed by atoms with Crippen molar-refractivity contribution in [2.75, 3.05) is 31.5 Å². The van der Waals surface area contributed by atoms with Crippen LogP contribution in [0.15, 0.2) is 53.1 Å². The molecular weight excluding hydrogens is 466 g/mol. The smallest absolute Gasteiger partial charge is 0.255 e. The Morgan fingerprint density at radius 3 is 2.60 bits per heavy atom. The molecule has 1 N–H and O–H groups in total. The lowest BCUT2D eigenvalue weighted by Gasteiger charge is -2.31. The average molecular weight is 494 g/mol. The number of carbonyl (C=O) groups excluding carboxylic acids is 2. The van der Waals surface area contributed by atoms with Crippen LogP contribution in [0.25, 0.3) is 11.4 Å². The van der Waals surface area contributed by atoms with Crippen molar-refractivity contribution in [3.63, 3.8) is 0 Å². The van der Waals surface area contributed by atoms with Gasteiger partial charge in [-0.3, -0.25) is 14.5 Å². The van der Waals surface area contributed by atoms with Crippen molar-refractivity contribution in [2.45, 2.75) is 32.2 Å². The Bertz CT molecular complexity index is 1190. The molecule has 5 rings (SSSR count). The molecule has 2 saturated heterocycles. The Kier molecular flexibility index (Phi) is 7.11. The third-order valence-corrected chi connectivity index (χ3v) is 6.87. The van der Waals surface area contributed by atoms with E-state index in [0.717, 1.165) is 50.9 Å². The normalized spacial score (nSPS) is 18.5.